The number of hydrogen-bond acceptors (Lipinski definition) is 4. The minimum Gasteiger partial charge on any atom is -0.393 e. The average Bonchev–Trinajstić information content (AvgIpc) is 2.53. The number of hydrogen-bond donors (Lipinski definition) is 2. The predicted octanol–water partition coefficient (Wildman–Crippen LogP) is 2.42. The first-order chi connectivity index (χ1) is 11.0. The Morgan fingerprint density at radius 3 is 2.78 bits per heavy atom. The van der Waals surface area contributed by atoms with Crippen LogP contribution in [0.3, 0.4) is 0 Å². The molecule has 5 heteroatoms. The lowest BCUT2D eigenvalue weighted by atomic mass is 9.93. The van der Waals surface area contributed by atoms with Crippen LogP contribution in [0.4, 0.5) is 5.82 Å². The van der Waals surface area contributed by atoms with Gasteiger partial charge >= 0.3 is 0 Å². The van der Waals surface area contributed by atoms with Crippen molar-refractivity contribution in [2.45, 2.75) is 64.0 Å². The van der Waals surface area contributed by atoms with E-state index in [0.717, 1.165) is 50.9 Å². The number of carbonyl (C=O) groups is 1. The molecule has 128 valence electrons. The van der Waals surface area contributed by atoms with Gasteiger partial charge in [-0.15, -0.1) is 0 Å². The molecule has 0 atom stereocenters. The highest BCUT2D eigenvalue weighted by atomic mass is 16.3. The smallest absolute Gasteiger partial charge is 0.220 e. The lowest BCUT2D eigenvalue weighted by Gasteiger charge is -2.26. The fourth-order valence-electron chi connectivity index (χ4n) is 3.00. The third kappa shape index (κ3) is 6.18. The Balaban J connectivity index is 1.60. The quantitative estimate of drug-likeness (QED) is 0.758. The minimum atomic E-state index is -0.172. The van der Waals surface area contributed by atoms with Crippen LogP contribution in [0, 0.1) is 6.92 Å². The Bertz CT molecular complexity index is 499. The zero-order valence-corrected chi connectivity index (χ0v) is 14.3. The third-order valence-corrected chi connectivity index (χ3v) is 4.50. The maximum absolute atomic E-state index is 12.0. The van der Waals surface area contributed by atoms with Crippen molar-refractivity contribution in [2.75, 3.05) is 18.5 Å². The molecule has 1 aliphatic carbocycles. The van der Waals surface area contributed by atoms with Crippen LogP contribution >= 0.6 is 0 Å². The summed E-state index contributed by atoms with van der Waals surface area (Å²) >= 11 is 0. The van der Waals surface area contributed by atoms with Gasteiger partial charge in [-0.25, -0.2) is 4.98 Å². The highest BCUT2D eigenvalue weighted by Gasteiger charge is 2.20. The van der Waals surface area contributed by atoms with Gasteiger partial charge in [0.15, 0.2) is 0 Å². The second-order valence-electron chi connectivity index (χ2n) is 6.64. The van der Waals surface area contributed by atoms with Gasteiger partial charge in [-0.1, -0.05) is 0 Å². The minimum absolute atomic E-state index is 0.141. The lowest BCUT2D eigenvalue weighted by molar-refractivity contribution is -0.122. The molecule has 1 amide bonds. The van der Waals surface area contributed by atoms with Crippen molar-refractivity contribution >= 4 is 11.7 Å². The van der Waals surface area contributed by atoms with Crippen molar-refractivity contribution in [3.05, 3.63) is 23.9 Å². The summed E-state index contributed by atoms with van der Waals surface area (Å²) in [5.41, 5.74) is 1.21. The van der Waals surface area contributed by atoms with E-state index >= 15 is 0 Å². The summed E-state index contributed by atoms with van der Waals surface area (Å²) < 4.78 is 0. The standard InChI is InChI=1S/C18H29N3O2/c1-14-10-11-19-17(13-14)21(2)12-4-3-5-18(23)20-15-6-8-16(22)9-7-15/h10-11,13,15-16,22H,3-9,12H2,1-2H3,(H,20,23). The summed E-state index contributed by atoms with van der Waals surface area (Å²) in [4.78, 5) is 18.4. The summed E-state index contributed by atoms with van der Waals surface area (Å²) in [6.45, 7) is 2.97. The molecule has 1 aliphatic rings. The second-order valence-corrected chi connectivity index (χ2v) is 6.64. The van der Waals surface area contributed by atoms with E-state index in [2.05, 4.69) is 28.2 Å². The largest absolute Gasteiger partial charge is 0.393 e. The second kappa shape index (κ2) is 8.87. The summed E-state index contributed by atoms with van der Waals surface area (Å²) in [6.07, 6.45) is 7.50. The SMILES string of the molecule is Cc1ccnc(N(C)CCCCC(=O)NC2CCC(O)CC2)c1. The van der Waals surface area contributed by atoms with E-state index in [1.165, 1.54) is 5.56 Å². The molecule has 2 rings (SSSR count). The van der Waals surface area contributed by atoms with Crippen molar-refractivity contribution in [1.82, 2.24) is 10.3 Å². The van der Waals surface area contributed by atoms with Crippen LogP contribution < -0.4 is 10.2 Å². The fourth-order valence-corrected chi connectivity index (χ4v) is 3.00. The summed E-state index contributed by atoms with van der Waals surface area (Å²) in [6, 6.07) is 4.32. The number of aliphatic hydroxyl groups excluding tert-OH is 1. The molecule has 0 spiro atoms. The first-order valence-corrected chi connectivity index (χ1v) is 8.66. The van der Waals surface area contributed by atoms with Gasteiger partial charge in [-0.2, -0.15) is 0 Å². The Hall–Kier alpha value is -1.62. The van der Waals surface area contributed by atoms with Crippen LogP contribution in [0.2, 0.25) is 0 Å². The number of anilines is 1. The molecule has 1 heterocycles. The zero-order chi connectivity index (χ0) is 16.7. The molecule has 0 aromatic carbocycles. The molecule has 2 N–H and O–H groups in total. The van der Waals surface area contributed by atoms with Gasteiger partial charge < -0.3 is 15.3 Å². The van der Waals surface area contributed by atoms with Crippen molar-refractivity contribution in [3.8, 4) is 0 Å². The van der Waals surface area contributed by atoms with E-state index in [1.807, 2.05) is 19.3 Å². The van der Waals surface area contributed by atoms with E-state index < -0.39 is 0 Å². The molecule has 5 nitrogen and oxygen atoms in total. The third-order valence-electron chi connectivity index (χ3n) is 4.50. The number of aromatic nitrogens is 1. The van der Waals surface area contributed by atoms with Crippen LogP contribution in [-0.4, -0.2) is 41.7 Å². The van der Waals surface area contributed by atoms with E-state index in [4.69, 9.17) is 0 Å². The van der Waals surface area contributed by atoms with Gasteiger partial charge in [0, 0.05) is 32.3 Å². The Kier molecular flexibility index (Phi) is 6.84. The number of unbranched alkanes of at least 4 members (excludes halogenated alkanes) is 1. The molecule has 0 saturated heterocycles. The van der Waals surface area contributed by atoms with E-state index in [0.29, 0.717) is 6.42 Å². The van der Waals surface area contributed by atoms with Crippen LogP contribution in [0.5, 0.6) is 0 Å². The van der Waals surface area contributed by atoms with Gasteiger partial charge in [-0.3, -0.25) is 4.79 Å². The van der Waals surface area contributed by atoms with Crippen molar-refractivity contribution in [3.63, 3.8) is 0 Å². The molecule has 23 heavy (non-hydrogen) atoms. The number of amides is 1. The summed E-state index contributed by atoms with van der Waals surface area (Å²) in [7, 11) is 2.04. The molecule has 1 aromatic heterocycles. The maximum atomic E-state index is 12.0. The molecular formula is C18H29N3O2. The van der Waals surface area contributed by atoms with Crippen LogP contribution in [-0.2, 0) is 4.79 Å². The van der Waals surface area contributed by atoms with Crippen LogP contribution in [0.25, 0.3) is 0 Å². The molecule has 0 aliphatic heterocycles. The molecule has 1 fully saturated rings. The van der Waals surface area contributed by atoms with Crippen molar-refractivity contribution in [1.29, 1.82) is 0 Å². The van der Waals surface area contributed by atoms with E-state index in [-0.39, 0.29) is 18.1 Å². The van der Waals surface area contributed by atoms with Gasteiger partial charge in [-0.05, 0) is 63.1 Å². The number of nitrogens with one attached hydrogen (secondary N) is 1. The lowest BCUT2D eigenvalue weighted by Crippen LogP contribution is -2.38. The van der Waals surface area contributed by atoms with E-state index in [1.54, 1.807) is 0 Å². The maximum Gasteiger partial charge on any atom is 0.220 e. The average molecular weight is 319 g/mol. The highest BCUT2D eigenvalue weighted by molar-refractivity contribution is 5.76. The first-order valence-electron chi connectivity index (χ1n) is 8.66. The van der Waals surface area contributed by atoms with Gasteiger partial charge in [0.25, 0.3) is 0 Å². The Morgan fingerprint density at radius 2 is 2.09 bits per heavy atom. The number of nitrogens with zero attached hydrogens (tertiary/aromatic N) is 2. The van der Waals surface area contributed by atoms with Gasteiger partial charge in [0.05, 0.1) is 6.10 Å². The molecular weight excluding hydrogens is 290 g/mol. The molecule has 0 radical (unpaired) electrons. The molecule has 0 unspecified atom stereocenters. The number of aryl methyl sites for hydroxylation is 1. The van der Waals surface area contributed by atoms with Crippen molar-refractivity contribution in [2.24, 2.45) is 0 Å². The van der Waals surface area contributed by atoms with Gasteiger partial charge in [0.2, 0.25) is 5.91 Å². The number of carbonyl (C=O) groups excluding carboxylic acids is 1. The number of aliphatic hydroxyl groups is 1. The molecule has 0 bridgehead atoms. The number of pyridine rings is 1. The topological polar surface area (TPSA) is 65.5 Å². The summed E-state index contributed by atoms with van der Waals surface area (Å²) in [5.74, 6) is 1.12. The highest BCUT2D eigenvalue weighted by Crippen LogP contribution is 2.18. The Morgan fingerprint density at radius 1 is 1.35 bits per heavy atom. The molecule has 1 aromatic rings. The zero-order valence-electron chi connectivity index (χ0n) is 14.3. The normalized spacial score (nSPS) is 21.0. The fraction of sp³-hybridized carbons (Fsp3) is 0.667. The van der Waals surface area contributed by atoms with E-state index in [9.17, 15) is 9.90 Å². The predicted molar refractivity (Wildman–Crippen MR) is 92.5 cm³/mol. The molecule has 1 saturated carbocycles. The van der Waals surface area contributed by atoms with Gasteiger partial charge in [0.1, 0.15) is 5.82 Å². The summed E-state index contributed by atoms with van der Waals surface area (Å²) in [5, 5.41) is 12.6. The Labute approximate surface area is 139 Å². The number of rotatable bonds is 7. The van der Waals surface area contributed by atoms with Crippen molar-refractivity contribution < 1.29 is 9.90 Å². The van der Waals surface area contributed by atoms with Crippen LogP contribution in [0.15, 0.2) is 18.3 Å². The first kappa shape index (κ1) is 17.7. The monoisotopic (exact) mass is 319 g/mol. The van der Waals surface area contributed by atoms with Crippen LogP contribution in [0.1, 0.15) is 50.5 Å².